The lowest BCUT2D eigenvalue weighted by Gasteiger charge is -2.22. The number of hydrogen-bond acceptors (Lipinski definition) is 5. The van der Waals surface area contributed by atoms with Crippen LogP contribution < -0.4 is 10.6 Å². The summed E-state index contributed by atoms with van der Waals surface area (Å²) in [5, 5.41) is 7.48. The van der Waals surface area contributed by atoms with E-state index in [2.05, 4.69) is 33.8 Å². The molecule has 6 heteroatoms. The quantitative estimate of drug-likeness (QED) is 0.687. The van der Waals surface area contributed by atoms with Crippen LogP contribution >= 0.6 is 11.6 Å². The van der Waals surface area contributed by atoms with Gasteiger partial charge >= 0.3 is 0 Å². The van der Waals surface area contributed by atoms with Gasteiger partial charge in [0.15, 0.2) is 0 Å². The predicted octanol–water partition coefficient (Wildman–Crippen LogP) is 4.35. The molecule has 0 spiro atoms. The van der Waals surface area contributed by atoms with Crippen molar-refractivity contribution in [2.24, 2.45) is 11.8 Å². The van der Waals surface area contributed by atoms with Gasteiger partial charge in [-0.1, -0.05) is 23.7 Å². The summed E-state index contributed by atoms with van der Waals surface area (Å²) < 4.78 is 5.44. The van der Waals surface area contributed by atoms with Gasteiger partial charge in [-0.2, -0.15) is 0 Å². The van der Waals surface area contributed by atoms with E-state index in [0.717, 1.165) is 81.0 Å². The molecule has 3 heterocycles. The number of aromatic nitrogens is 1. The average molecular weight is 428 g/mol. The zero-order chi connectivity index (χ0) is 20.8. The van der Waals surface area contributed by atoms with Crippen molar-refractivity contribution in [3.05, 3.63) is 47.2 Å². The number of rotatable bonds is 7. The van der Waals surface area contributed by atoms with Crippen LogP contribution in [-0.4, -0.2) is 43.6 Å². The molecule has 2 aliphatic rings. The van der Waals surface area contributed by atoms with Crippen molar-refractivity contribution in [1.29, 1.82) is 0 Å². The highest BCUT2D eigenvalue weighted by molar-refractivity contribution is 6.33. The van der Waals surface area contributed by atoms with Crippen LogP contribution in [-0.2, 0) is 16.0 Å². The first kappa shape index (κ1) is 21.3. The number of hydrogen-bond donors (Lipinski definition) is 2. The minimum absolute atomic E-state index is 0.143. The number of ketones is 1. The van der Waals surface area contributed by atoms with E-state index in [-0.39, 0.29) is 11.7 Å². The van der Waals surface area contributed by atoms with Crippen molar-refractivity contribution < 1.29 is 9.53 Å². The number of piperidine rings is 1. The first-order chi connectivity index (χ1) is 14.7. The van der Waals surface area contributed by atoms with Crippen LogP contribution in [0.1, 0.15) is 31.4 Å². The SMILES string of the molecule is O=C(Cc1cc(-c2cccc(NCC3CCOCC3)c2)c(Cl)cn1)C1CCNCC1. The summed E-state index contributed by atoms with van der Waals surface area (Å²) in [7, 11) is 0. The van der Waals surface area contributed by atoms with Crippen molar-refractivity contribution in [2.75, 3.05) is 38.2 Å². The normalized spacial score (nSPS) is 18.3. The lowest BCUT2D eigenvalue weighted by Crippen LogP contribution is -2.32. The van der Waals surface area contributed by atoms with Gasteiger partial charge in [0.2, 0.25) is 0 Å². The summed E-state index contributed by atoms with van der Waals surface area (Å²) in [6.45, 7) is 4.51. The summed E-state index contributed by atoms with van der Waals surface area (Å²) in [6, 6.07) is 10.3. The van der Waals surface area contributed by atoms with Gasteiger partial charge in [-0.05, 0) is 68.5 Å². The molecule has 0 amide bonds. The van der Waals surface area contributed by atoms with Crippen LogP contribution in [0.2, 0.25) is 5.02 Å². The van der Waals surface area contributed by atoms with Gasteiger partial charge < -0.3 is 15.4 Å². The molecule has 0 unspecified atom stereocenters. The van der Waals surface area contributed by atoms with Crippen LogP contribution in [0.15, 0.2) is 36.5 Å². The molecule has 2 fully saturated rings. The Morgan fingerprint density at radius 2 is 1.97 bits per heavy atom. The Kier molecular flexibility index (Phi) is 7.37. The molecule has 0 aliphatic carbocycles. The largest absolute Gasteiger partial charge is 0.385 e. The van der Waals surface area contributed by atoms with Crippen molar-refractivity contribution in [2.45, 2.75) is 32.1 Å². The first-order valence-electron chi connectivity index (χ1n) is 11.0. The number of carbonyl (C=O) groups is 1. The lowest BCUT2D eigenvalue weighted by molar-refractivity contribution is -0.123. The van der Waals surface area contributed by atoms with E-state index < -0.39 is 0 Å². The minimum Gasteiger partial charge on any atom is -0.385 e. The van der Waals surface area contributed by atoms with Crippen LogP contribution in [0.3, 0.4) is 0 Å². The Morgan fingerprint density at radius 1 is 1.17 bits per heavy atom. The maximum absolute atomic E-state index is 12.7. The molecule has 0 bridgehead atoms. The second kappa shape index (κ2) is 10.4. The summed E-state index contributed by atoms with van der Waals surface area (Å²) in [5.41, 5.74) is 3.84. The second-order valence-corrected chi connectivity index (χ2v) is 8.75. The molecule has 1 aromatic heterocycles. The third kappa shape index (κ3) is 5.60. The molecule has 1 aromatic carbocycles. The molecule has 2 N–H and O–H groups in total. The van der Waals surface area contributed by atoms with Crippen LogP contribution in [0, 0.1) is 11.8 Å². The number of nitrogens with zero attached hydrogens (tertiary/aromatic N) is 1. The van der Waals surface area contributed by atoms with E-state index >= 15 is 0 Å². The maximum atomic E-state index is 12.7. The van der Waals surface area contributed by atoms with Crippen molar-refractivity contribution >= 4 is 23.1 Å². The molecule has 5 nitrogen and oxygen atoms in total. The number of Topliss-reactive ketones (excluding diaryl/α,β-unsaturated/α-hetero) is 1. The molecule has 30 heavy (non-hydrogen) atoms. The fourth-order valence-electron chi connectivity index (χ4n) is 4.28. The average Bonchev–Trinajstić information content (AvgIpc) is 2.80. The molecule has 0 atom stereocenters. The number of halogens is 1. The van der Waals surface area contributed by atoms with Gasteiger partial charge in [-0.25, -0.2) is 0 Å². The molecule has 2 aromatic rings. The van der Waals surface area contributed by atoms with Crippen molar-refractivity contribution in [3.63, 3.8) is 0 Å². The molecule has 160 valence electrons. The summed E-state index contributed by atoms with van der Waals surface area (Å²) >= 11 is 6.48. The summed E-state index contributed by atoms with van der Waals surface area (Å²) in [6.07, 6.45) is 6.09. The van der Waals surface area contributed by atoms with E-state index in [1.54, 1.807) is 6.20 Å². The smallest absolute Gasteiger partial charge is 0.142 e. The van der Waals surface area contributed by atoms with Crippen molar-refractivity contribution in [1.82, 2.24) is 10.3 Å². The number of nitrogens with one attached hydrogen (secondary N) is 2. The molecular formula is C24H30ClN3O2. The van der Waals surface area contributed by atoms with E-state index in [1.807, 2.05) is 12.1 Å². The zero-order valence-electron chi connectivity index (χ0n) is 17.3. The Bertz CT molecular complexity index is 861. The predicted molar refractivity (Wildman–Crippen MR) is 121 cm³/mol. The Morgan fingerprint density at radius 3 is 2.77 bits per heavy atom. The Balaban J connectivity index is 1.45. The van der Waals surface area contributed by atoms with E-state index in [1.165, 1.54) is 0 Å². The van der Waals surface area contributed by atoms with Crippen molar-refractivity contribution in [3.8, 4) is 11.1 Å². The molecular weight excluding hydrogens is 398 g/mol. The van der Waals surface area contributed by atoms with Gasteiger partial charge in [0.25, 0.3) is 0 Å². The second-order valence-electron chi connectivity index (χ2n) is 8.34. The van der Waals surface area contributed by atoms with Gasteiger partial charge in [-0.15, -0.1) is 0 Å². The summed E-state index contributed by atoms with van der Waals surface area (Å²) in [5.74, 6) is 1.08. The first-order valence-corrected chi connectivity index (χ1v) is 11.4. The monoisotopic (exact) mass is 427 g/mol. The molecule has 2 aliphatic heterocycles. The standard InChI is InChI=1S/C24H30ClN3O2/c25-23-16-28-21(14-24(29)18-4-8-26-9-5-18)13-22(23)19-2-1-3-20(12-19)27-15-17-6-10-30-11-7-17/h1-3,12-13,16-18,26-27H,4-11,14-15H2. The summed E-state index contributed by atoms with van der Waals surface area (Å²) in [4.78, 5) is 17.1. The number of ether oxygens (including phenoxy) is 1. The number of anilines is 1. The number of carbonyl (C=O) groups excluding carboxylic acids is 1. The fraction of sp³-hybridized carbons (Fsp3) is 0.500. The number of pyridine rings is 1. The third-order valence-electron chi connectivity index (χ3n) is 6.17. The molecule has 4 rings (SSSR count). The van der Waals surface area contributed by atoms with Crippen LogP contribution in [0.4, 0.5) is 5.69 Å². The van der Waals surface area contributed by atoms with Gasteiger partial charge in [0.1, 0.15) is 5.78 Å². The van der Waals surface area contributed by atoms with Gasteiger partial charge in [-0.3, -0.25) is 9.78 Å². The fourth-order valence-corrected chi connectivity index (χ4v) is 4.49. The molecule has 0 radical (unpaired) electrons. The lowest BCUT2D eigenvalue weighted by atomic mass is 9.91. The highest BCUT2D eigenvalue weighted by Crippen LogP contribution is 2.30. The van der Waals surface area contributed by atoms with E-state index in [4.69, 9.17) is 16.3 Å². The highest BCUT2D eigenvalue weighted by atomic mass is 35.5. The zero-order valence-corrected chi connectivity index (χ0v) is 18.1. The van der Waals surface area contributed by atoms with Gasteiger partial charge in [0, 0.05) is 55.2 Å². The van der Waals surface area contributed by atoms with Gasteiger partial charge in [0.05, 0.1) is 5.02 Å². The highest BCUT2D eigenvalue weighted by Gasteiger charge is 2.21. The molecule has 0 saturated carbocycles. The maximum Gasteiger partial charge on any atom is 0.142 e. The van der Waals surface area contributed by atoms with E-state index in [9.17, 15) is 4.79 Å². The number of benzene rings is 1. The van der Waals surface area contributed by atoms with Crippen LogP contribution in [0.5, 0.6) is 0 Å². The minimum atomic E-state index is 0.143. The topological polar surface area (TPSA) is 63.2 Å². The Labute approximate surface area is 183 Å². The third-order valence-corrected chi connectivity index (χ3v) is 6.47. The molecule has 2 saturated heterocycles. The Hall–Kier alpha value is -1.95. The van der Waals surface area contributed by atoms with Crippen LogP contribution in [0.25, 0.3) is 11.1 Å². The van der Waals surface area contributed by atoms with E-state index in [0.29, 0.717) is 17.4 Å².